The Kier molecular flexibility index (Phi) is 5.39. The van der Waals surface area contributed by atoms with Crippen LogP contribution in [0.2, 0.25) is 0 Å². The Hall–Kier alpha value is -0.710. The highest BCUT2D eigenvalue weighted by atomic mass is 35.5. The average Bonchev–Trinajstić information content (AvgIpc) is 2.34. The lowest BCUT2D eigenvalue weighted by atomic mass is 10.4. The highest BCUT2D eigenvalue weighted by Gasteiger charge is 2.47. The third-order valence-corrected chi connectivity index (χ3v) is 4.11. The van der Waals surface area contributed by atoms with Gasteiger partial charge >= 0.3 is 7.60 Å². The molecule has 2 aliphatic rings. The minimum Gasteiger partial charge on any atom is -0.324 e. The molecule has 0 spiro atoms. The lowest BCUT2D eigenvalue weighted by Gasteiger charge is -2.45. The van der Waals surface area contributed by atoms with E-state index in [0.29, 0.717) is 0 Å². The molecule has 0 aliphatic carbocycles. The van der Waals surface area contributed by atoms with E-state index >= 15 is 0 Å². The molecular formula is C8H10Cl4N7O3P. The van der Waals surface area contributed by atoms with E-state index in [2.05, 4.69) is 21.1 Å². The summed E-state index contributed by atoms with van der Waals surface area (Å²) in [4.78, 5) is 18.7. The summed E-state index contributed by atoms with van der Waals surface area (Å²) >= 11 is 23.3. The number of nitrogens with zero attached hydrogens (tertiary/aromatic N) is 4. The zero-order chi connectivity index (χ0) is 17.4. The largest absolute Gasteiger partial charge is 0.331 e. The average molecular weight is 425 g/mol. The molecule has 0 aromatic carbocycles. The maximum Gasteiger partial charge on any atom is 0.331 e. The lowest BCUT2D eigenvalue weighted by Crippen LogP contribution is -2.72. The molecule has 2 aliphatic heterocycles. The van der Waals surface area contributed by atoms with Crippen LogP contribution in [-0.4, -0.2) is 42.3 Å². The van der Waals surface area contributed by atoms with Crippen LogP contribution in [0.3, 0.4) is 0 Å². The van der Waals surface area contributed by atoms with E-state index in [1.165, 1.54) is 12.2 Å². The van der Waals surface area contributed by atoms with Crippen LogP contribution >= 0.6 is 54.0 Å². The van der Waals surface area contributed by atoms with Crippen molar-refractivity contribution in [1.82, 2.24) is 21.1 Å². The number of allylic oxidation sites excluding steroid dienone is 2. The Bertz CT molecular complexity index is 633. The molecule has 0 saturated carbocycles. The van der Waals surface area contributed by atoms with Crippen LogP contribution in [0.5, 0.6) is 0 Å². The number of halogens is 4. The van der Waals surface area contributed by atoms with E-state index < -0.39 is 19.5 Å². The Morgan fingerprint density at radius 2 is 1.48 bits per heavy atom. The summed E-state index contributed by atoms with van der Waals surface area (Å²) in [6.45, 7) is 0. The fourth-order valence-corrected chi connectivity index (χ4v) is 3.39. The van der Waals surface area contributed by atoms with E-state index in [9.17, 15) is 14.4 Å². The van der Waals surface area contributed by atoms with Crippen LogP contribution < -0.4 is 16.6 Å². The Morgan fingerprint density at radius 1 is 1.09 bits per heavy atom. The predicted molar refractivity (Wildman–Crippen MR) is 88.2 cm³/mol. The van der Waals surface area contributed by atoms with Crippen LogP contribution in [0, 0.1) is 0 Å². The maximum absolute atomic E-state index is 11.5. The number of nitrogens with one attached hydrogen (secondary N) is 2. The van der Waals surface area contributed by atoms with E-state index in [0.717, 1.165) is 10.2 Å². The molecule has 2 heterocycles. The van der Waals surface area contributed by atoms with E-state index in [1.807, 2.05) is 0 Å². The second-order valence-electron chi connectivity index (χ2n) is 4.38. The minimum atomic E-state index is -4.64. The van der Waals surface area contributed by atoms with Gasteiger partial charge < -0.3 is 9.79 Å². The number of hydrogen-bond acceptors (Lipinski definition) is 8. The van der Waals surface area contributed by atoms with E-state index in [1.54, 1.807) is 0 Å². The van der Waals surface area contributed by atoms with Crippen molar-refractivity contribution in [3.63, 3.8) is 0 Å². The third kappa shape index (κ3) is 4.65. The molecule has 0 amide bonds. The summed E-state index contributed by atoms with van der Waals surface area (Å²) in [6, 6.07) is 0. The summed E-state index contributed by atoms with van der Waals surface area (Å²) in [5.41, 5.74) is 11.1. The van der Waals surface area contributed by atoms with Crippen molar-refractivity contribution in [3.05, 3.63) is 22.5 Å². The standard InChI is InChI=1S/C8H10Cl4N7O3P/c9-4-1-5(10)15-18(14-4)8(13,3-23(20,21)22)19-16-6(11)2-7(12)17-19/h1-2,14,16H,3,13H2,(H2,20,21,22). The van der Waals surface area contributed by atoms with Crippen molar-refractivity contribution < 1.29 is 14.4 Å². The van der Waals surface area contributed by atoms with Gasteiger partial charge in [-0.2, -0.15) is 10.2 Å². The van der Waals surface area contributed by atoms with Gasteiger partial charge in [-0.25, -0.2) is 0 Å². The van der Waals surface area contributed by atoms with Crippen LogP contribution in [-0.2, 0) is 4.57 Å². The zero-order valence-corrected chi connectivity index (χ0v) is 14.9. The van der Waals surface area contributed by atoms with Gasteiger partial charge in [-0.3, -0.25) is 21.2 Å². The fraction of sp³-hybridized carbons (Fsp3) is 0.250. The van der Waals surface area contributed by atoms with Gasteiger partial charge in [-0.1, -0.05) is 46.4 Å². The molecule has 0 fully saturated rings. The first-order valence-corrected chi connectivity index (χ1v) is 9.00. The highest BCUT2D eigenvalue weighted by molar-refractivity contribution is 7.51. The summed E-state index contributed by atoms with van der Waals surface area (Å²) in [5.74, 6) is -2.07. The molecule has 128 valence electrons. The molecule has 0 radical (unpaired) electrons. The van der Waals surface area contributed by atoms with Gasteiger partial charge in [0.05, 0.1) is 0 Å². The third-order valence-electron chi connectivity index (χ3n) is 2.48. The highest BCUT2D eigenvalue weighted by Crippen LogP contribution is 2.40. The summed E-state index contributed by atoms with van der Waals surface area (Å²) in [6.07, 6.45) is 1.62. The first kappa shape index (κ1) is 18.6. The molecule has 10 nitrogen and oxygen atoms in total. The topological polar surface area (TPSA) is 139 Å². The molecule has 0 saturated heterocycles. The van der Waals surface area contributed by atoms with Crippen molar-refractivity contribution in [2.45, 2.75) is 5.79 Å². The normalized spacial score (nSPS) is 19.3. The van der Waals surface area contributed by atoms with Crippen molar-refractivity contribution in [1.29, 1.82) is 0 Å². The molecule has 0 bridgehead atoms. The molecular weight excluding hydrogens is 415 g/mol. The summed E-state index contributed by atoms with van der Waals surface area (Å²) < 4.78 is 11.5. The number of hydrogen-bond donors (Lipinski definition) is 5. The Labute approximate surface area is 150 Å². The molecule has 6 N–H and O–H groups in total. The molecule has 0 atom stereocenters. The second kappa shape index (κ2) is 6.66. The van der Waals surface area contributed by atoms with Crippen molar-refractivity contribution in [3.8, 4) is 0 Å². The van der Waals surface area contributed by atoms with Crippen LogP contribution in [0.15, 0.2) is 32.7 Å². The number of rotatable bonds is 4. The van der Waals surface area contributed by atoms with Crippen LogP contribution in [0.1, 0.15) is 0 Å². The first-order valence-electron chi connectivity index (χ1n) is 5.69. The molecule has 2 rings (SSSR count). The Balaban J connectivity index is 2.44. The van der Waals surface area contributed by atoms with Gasteiger partial charge in [-0.15, -0.1) is 10.2 Å². The van der Waals surface area contributed by atoms with Crippen molar-refractivity contribution >= 4 is 64.3 Å². The van der Waals surface area contributed by atoms with Gasteiger partial charge in [0.15, 0.2) is 10.3 Å². The van der Waals surface area contributed by atoms with Gasteiger partial charge in [0.25, 0.3) is 0 Å². The first-order chi connectivity index (χ1) is 10.5. The molecule has 0 aromatic heterocycles. The van der Waals surface area contributed by atoms with Crippen LogP contribution in [0.4, 0.5) is 0 Å². The summed E-state index contributed by atoms with van der Waals surface area (Å²) in [5, 5.41) is 9.18. The predicted octanol–water partition coefficient (Wildman–Crippen LogP) is 0.682. The van der Waals surface area contributed by atoms with Crippen molar-refractivity contribution in [2.75, 3.05) is 6.16 Å². The molecule has 15 heteroatoms. The van der Waals surface area contributed by atoms with Crippen LogP contribution in [0.25, 0.3) is 0 Å². The second-order valence-corrected chi connectivity index (χ2v) is 7.61. The summed E-state index contributed by atoms with van der Waals surface area (Å²) in [7, 11) is -4.64. The zero-order valence-electron chi connectivity index (χ0n) is 11.0. The molecule has 0 unspecified atom stereocenters. The van der Waals surface area contributed by atoms with Gasteiger partial charge in [0, 0.05) is 12.2 Å². The number of nitrogens with two attached hydrogens (primary N) is 1. The fourth-order valence-electron chi connectivity index (χ4n) is 1.67. The van der Waals surface area contributed by atoms with Gasteiger partial charge in [0.2, 0.25) is 5.79 Å². The maximum atomic E-state index is 11.5. The SMILES string of the molecule is NC(CP(=O)(O)O)(N1N=C(Cl)C=C(Cl)N1)N1N=C(Cl)C=C(Cl)N1. The molecule has 23 heavy (non-hydrogen) atoms. The monoisotopic (exact) mass is 423 g/mol. The van der Waals surface area contributed by atoms with Gasteiger partial charge in [-0.05, 0) is 0 Å². The number of hydrazone groups is 2. The minimum absolute atomic E-state index is 0.0132. The quantitative estimate of drug-likeness (QED) is 0.328. The van der Waals surface area contributed by atoms with Crippen molar-refractivity contribution in [2.24, 2.45) is 15.9 Å². The Morgan fingerprint density at radius 3 is 1.78 bits per heavy atom. The van der Waals surface area contributed by atoms with Gasteiger partial charge in [0.1, 0.15) is 16.5 Å². The molecule has 0 aromatic rings. The lowest BCUT2D eigenvalue weighted by molar-refractivity contribution is -0.0860. The van der Waals surface area contributed by atoms with E-state index in [-0.39, 0.29) is 20.7 Å². The van der Waals surface area contributed by atoms with E-state index in [4.69, 9.17) is 52.1 Å². The smallest absolute Gasteiger partial charge is 0.324 e. The number of hydrazine groups is 2.